The Balaban J connectivity index is 2.78. The number of aromatic hydroxyl groups is 2. The smallest absolute Gasteiger partial charge is 0.127 e. The summed E-state index contributed by atoms with van der Waals surface area (Å²) in [5.74, 6) is 2.43. The maximum absolute atomic E-state index is 11.3. The van der Waals surface area contributed by atoms with Crippen LogP contribution in [0.1, 0.15) is 80.4 Å². The first-order valence-corrected chi connectivity index (χ1v) is 11.6. The van der Waals surface area contributed by atoms with Gasteiger partial charge in [-0.3, -0.25) is 0 Å². The second-order valence-corrected chi connectivity index (χ2v) is 11.6. The van der Waals surface area contributed by atoms with Crippen molar-refractivity contribution in [2.24, 2.45) is 11.8 Å². The van der Waals surface area contributed by atoms with E-state index in [9.17, 15) is 10.2 Å². The van der Waals surface area contributed by atoms with Gasteiger partial charge in [0.2, 0.25) is 0 Å². The molecule has 2 rings (SSSR count). The molecule has 32 heavy (non-hydrogen) atoms. The van der Waals surface area contributed by atoms with Crippen LogP contribution in [0.15, 0.2) is 24.3 Å². The molecule has 0 unspecified atom stereocenters. The van der Waals surface area contributed by atoms with Crippen molar-refractivity contribution in [3.05, 3.63) is 35.4 Å². The van der Waals surface area contributed by atoms with Crippen molar-refractivity contribution >= 4 is 0 Å². The van der Waals surface area contributed by atoms with E-state index in [0.29, 0.717) is 47.7 Å². The van der Waals surface area contributed by atoms with Gasteiger partial charge in [-0.15, -0.1) is 0 Å². The quantitative estimate of drug-likeness (QED) is 0.468. The van der Waals surface area contributed by atoms with Crippen LogP contribution in [0.3, 0.4) is 0 Å². The second kappa shape index (κ2) is 9.64. The lowest BCUT2D eigenvalue weighted by molar-refractivity contribution is 0.269. The fourth-order valence-corrected chi connectivity index (χ4v) is 3.46. The van der Waals surface area contributed by atoms with Crippen molar-refractivity contribution in [2.75, 3.05) is 13.2 Å². The summed E-state index contributed by atoms with van der Waals surface area (Å²) < 4.78 is 12.1. The van der Waals surface area contributed by atoms with Crippen LogP contribution < -0.4 is 9.47 Å². The molecule has 0 atom stereocenters. The molecular formula is C28H42O4. The minimum Gasteiger partial charge on any atom is -0.507 e. The Morgan fingerprint density at radius 3 is 1.19 bits per heavy atom. The van der Waals surface area contributed by atoms with Crippen molar-refractivity contribution in [2.45, 2.75) is 80.1 Å². The normalized spacial score (nSPS) is 12.5. The third-order valence-corrected chi connectivity index (χ3v) is 5.24. The van der Waals surface area contributed by atoms with Gasteiger partial charge in [-0.25, -0.2) is 0 Å². The molecule has 2 aromatic carbocycles. The van der Waals surface area contributed by atoms with Crippen LogP contribution in [-0.2, 0) is 10.8 Å². The van der Waals surface area contributed by atoms with Crippen molar-refractivity contribution in [1.29, 1.82) is 0 Å². The van der Waals surface area contributed by atoms with Gasteiger partial charge in [0.05, 0.1) is 13.2 Å². The van der Waals surface area contributed by atoms with E-state index >= 15 is 0 Å². The van der Waals surface area contributed by atoms with Crippen molar-refractivity contribution in [1.82, 2.24) is 0 Å². The van der Waals surface area contributed by atoms with Crippen LogP contribution in [-0.4, -0.2) is 23.4 Å². The molecule has 0 saturated heterocycles. The minimum atomic E-state index is -0.301. The predicted molar refractivity (Wildman–Crippen MR) is 133 cm³/mol. The van der Waals surface area contributed by atoms with Gasteiger partial charge in [-0.2, -0.15) is 0 Å². The number of phenolic OH excluding ortho intramolecular Hbond substituents is 2. The molecule has 0 spiro atoms. The molecule has 0 heterocycles. The van der Waals surface area contributed by atoms with Gasteiger partial charge in [0.1, 0.15) is 23.0 Å². The number of phenols is 2. The molecule has 0 aliphatic rings. The molecule has 178 valence electrons. The summed E-state index contributed by atoms with van der Waals surface area (Å²) in [6.45, 7) is 21.9. The van der Waals surface area contributed by atoms with Gasteiger partial charge in [0.15, 0.2) is 0 Å². The SMILES string of the molecule is CC(C)COc1cc(-c2cc(OCC(C)C)cc(C(C)(C)C)c2O)c(O)c(C(C)(C)C)c1. The van der Waals surface area contributed by atoms with Crippen LogP contribution >= 0.6 is 0 Å². The number of rotatable bonds is 7. The summed E-state index contributed by atoms with van der Waals surface area (Å²) in [5, 5.41) is 22.6. The summed E-state index contributed by atoms with van der Waals surface area (Å²) in [7, 11) is 0. The number of hydrogen-bond acceptors (Lipinski definition) is 4. The molecule has 0 aromatic heterocycles. The highest BCUT2D eigenvalue weighted by Crippen LogP contribution is 2.48. The third kappa shape index (κ3) is 6.34. The molecule has 2 aromatic rings. The molecule has 0 radical (unpaired) electrons. The van der Waals surface area contributed by atoms with Crippen LogP contribution in [0.2, 0.25) is 0 Å². The van der Waals surface area contributed by atoms with E-state index in [1.807, 2.05) is 24.3 Å². The average Bonchev–Trinajstić information content (AvgIpc) is 2.64. The molecular weight excluding hydrogens is 400 g/mol. The third-order valence-electron chi connectivity index (χ3n) is 5.24. The van der Waals surface area contributed by atoms with E-state index in [1.54, 1.807) is 0 Å². The predicted octanol–water partition coefficient (Wildman–Crippen LogP) is 7.43. The maximum Gasteiger partial charge on any atom is 0.127 e. The zero-order chi connectivity index (χ0) is 24.4. The van der Waals surface area contributed by atoms with Gasteiger partial charge in [-0.1, -0.05) is 69.2 Å². The highest BCUT2D eigenvalue weighted by atomic mass is 16.5. The highest BCUT2D eigenvalue weighted by Gasteiger charge is 2.27. The Bertz CT molecular complexity index is 850. The molecule has 2 N–H and O–H groups in total. The Labute approximate surface area is 194 Å². The molecule has 0 aliphatic heterocycles. The molecule has 4 nitrogen and oxygen atoms in total. The number of benzene rings is 2. The average molecular weight is 443 g/mol. The maximum atomic E-state index is 11.3. The number of ether oxygens (including phenoxy) is 2. The Morgan fingerprint density at radius 2 is 0.938 bits per heavy atom. The summed E-state index contributed by atoms with van der Waals surface area (Å²) in [4.78, 5) is 0. The van der Waals surface area contributed by atoms with Crippen LogP contribution in [0.25, 0.3) is 11.1 Å². The minimum absolute atomic E-state index is 0.158. The summed E-state index contributed by atoms with van der Waals surface area (Å²) in [6.07, 6.45) is 0. The van der Waals surface area contributed by atoms with E-state index in [1.165, 1.54) is 0 Å². The largest absolute Gasteiger partial charge is 0.507 e. The van der Waals surface area contributed by atoms with E-state index in [2.05, 4.69) is 69.2 Å². The molecule has 0 fully saturated rings. The first kappa shape index (κ1) is 25.9. The molecule has 4 heteroatoms. The molecule has 0 amide bonds. The fraction of sp³-hybridized carbons (Fsp3) is 0.571. The lowest BCUT2D eigenvalue weighted by atomic mass is 9.81. The summed E-state index contributed by atoms with van der Waals surface area (Å²) in [6, 6.07) is 7.45. The van der Waals surface area contributed by atoms with Crippen LogP contribution in [0.4, 0.5) is 0 Å². The van der Waals surface area contributed by atoms with Crippen molar-refractivity contribution in [3.63, 3.8) is 0 Å². The zero-order valence-corrected chi connectivity index (χ0v) is 21.6. The Hall–Kier alpha value is -2.36. The van der Waals surface area contributed by atoms with Gasteiger partial charge in [0, 0.05) is 22.3 Å². The van der Waals surface area contributed by atoms with Crippen molar-refractivity contribution < 1.29 is 19.7 Å². The van der Waals surface area contributed by atoms with Gasteiger partial charge < -0.3 is 19.7 Å². The topological polar surface area (TPSA) is 58.9 Å². The highest BCUT2D eigenvalue weighted by molar-refractivity contribution is 5.81. The van der Waals surface area contributed by atoms with Gasteiger partial charge in [0.25, 0.3) is 0 Å². The standard InChI is InChI=1S/C28H42O4/c1-17(2)15-31-19-11-21(25(29)23(13-19)27(5,6)7)22-12-20(32-16-18(3)4)14-24(26(22)30)28(8,9)10/h11-14,17-18,29-30H,15-16H2,1-10H3. The van der Waals surface area contributed by atoms with Crippen LogP contribution in [0, 0.1) is 11.8 Å². The van der Waals surface area contributed by atoms with Crippen molar-refractivity contribution in [3.8, 4) is 34.1 Å². The molecule has 0 aliphatic carbocycles. The van der Waals surface area contributed by atoms with Gasteiger partial charge in [-0.05, 0) is 46.9 Å². The molecule has 0 bridgehead atoms. The Kier molecular flexibility index (Phi) is 7.80. The zero-order valence-electron chi connectivity index (χ0n) is 21.6. The first-order valence-electron chi connectivity index (χ1n) is 11.6. The van der Waals surface area contributed by atoms with E-state index in [4.69, 9.17) is 9.47 Å². The first-order chi connectivity index (χ1) is 14.6. The number of hydrogen-bond donors (Lipinski definition) is 2. The fourth-order valence-electron chi connectivity index (χ4n) is 3.46. The monoisotopic (exact) mass is 442 g/mol. The van der Waals surface area contributed by atoms with E-state index in [-0.39, 0.29) is 22.3 Å². The molecule has 0 saturated carbocycles. The van der Waals surface area contributed by atoms with Gasteiger partial charge >= 0.3 is 0 Å². The lowest BCUT2D eigenvalue weighted by Crippen LogP contribution is -2.14. The van der Waals surface area contributed by atoms with Crippen LogP contribution in [0.5, 0.6) is 23.0 Å². The van der Waals surface area contributed by atoms with E-state index in [0.717, 1.165) is 11.1 Å². The van der Waals surface area contributed by atoms with E-state index < -0.39 is 0 Å². The summed E-state index contributed by atoms with van der Waals surface area (Å²) >= 11 is 0. The Morgan fingerprint density at radius 1 is 0.625 bits per heavy atom. The second-order valence-electron chi connectivity index (χ2n) is 11.6. The lowest BCUT2D eigenvalue weighted by Gasteiger charge is -2.26. The summed E-state index contributed by atoms with van der Waals surface area (Å²) in [5.41, 5.74) is 2.05.